The molecule has 0 saturated carbocycles. The minimum Gasteiger partial charge on any atom is -0.456 e. The van der Waals surface area contributed by atoms with E-state index in [1.807, 2.05) is 12.1 Å². The van der Waals surface area contributed by atoms with Gasteiger partial charge in [0.25, 0.3) is 0 Å². The molecule has 3 heteroatoms. The smallest absolute Gasteiger partial charge is 0.135 e. The zero-order valence-corrected chi connectivity index (χ0v) is 32.1. The first-order chi connectivity index (χ1) is 29.2. The van der Waals surface area contributed by atoms with Gasteiger partial charge in [-0.15, -0.1) is 0 Å². The van der Waals surface area contributed by atoms with Gasteiger partial charge in [0, 0.05) is 44.0 Å². The molecule has 0 aliphatic rings. The molecule has 276 valence electrons. The number of aromatic nitrogens is 1. The second-order valence-corrected chi connectivity index (χ2v) is 15.4. The van der Waals surface area contributed by atoms with Gasteiger partial charge < -0.3 is 13.9 Å². The molecular formula is C56H36N2O. The van der Waals surface area contributed by atoms with Crippen molar-refractivity contribution in [3.05, 3.63) is 218 Å². The fraction of sp³-hybridized carbons (Fsp3) is 0. The van der Waals surface area contributed by atoms with E-state index in [2.05, 4.69) is 216 Å². The Kier molecular flexibility index (Phi) is 7.54. The molecule has 0 spiro atoms. The SMILES string of the molecule is c1ccc2cc(N(c3ccc(-c4ccc5oc6ccccc6c5c4)cc3)c3ccc(-c4ccc5c(c4)c4ccccc4n5-c4cccc5ccccc45)cc3)ccc2c1. The molecule has 59 heavy (non-hydrogen) atoms. The van der Waals surface area contributed by atoms with Crippen molar-refractivity contribution in [2.24, 2.45) is 0 Å². The molecule has 0 fully saturated rings. The summed E-state index contributed by atoms with van der Waals surface area (Å²) in [6, 6.07) is 78.9. The number of nitrogens with zero attached hydrogens (tertiary/aromatic N) is 2. The van der Waals surface area contributed by atoms with Crippen molar-refractivity contribution in [2.45, 2.75) is 0 Å². The van der Waals surface area contributed by atoms with E-state index in [1.165, 1.54) is 60.2 Å². The van der Waals surface area contributed by atoms with Gasteiger partial charge >= 0.3 is 0 Å². The number of para-hydroxylation sites is 2. The van der Waals surface area contributed by atoms with Crippen molar-refractivity contribution >= 4 is 82.4 Å². The molecule has 0 N–H and O–H groups in total. The Morgan fingerprint density at radius 3 is 1.63 bits per heavy atom. The van der Waals surface area contributed by atoms with Crippen molar-refractivity contribution in [1.29, 1.82) is 0 Å². The molecule has 10 aromatic carbocycles. The standard InChI is InChI=1S/C56H36N2O/c1-2-12-41-34-46(31-24-37(41)10-1)57(45-29-22-39(23-30-45)43-26-33-56-51(36-43)49-16-6-8-19-55(49)59-56)44-27-20-38(21-28-44)42-25-32-54-50(35-42)48-15-5-7-17-53(48)58(54)52-18-9-13-40-11-3-4-14-47(40)52/h1-36H. The van der Waals surface area contributed by atoms with E-state index in [9.17, 15) is 0 Å². The average Bonchev–Trinajstić information content (AvgIpc) is 3.84. The Hall–Kier alpha value is -7.88. The molecule has 12 rings (SSSR count). The Balaban J connectivity index is 0.936. The van der Waals surface area contributed by atoms with Crippen LogP contribution in [-0.4, -0.2) is 4.57 Å². The number of hydrogen-bond acceptors (Lipinski definition) is 2. The quantitative estimate of drug-likeness (QED) is 0.169. The molecule has 0 atom stereocenters. The van der Waals surface area contributed by atoms with E-state index in [0.29, 0.717) is 0 Å². The summed E-state index contributed by atoms with van der Waals surface area (Å²) in [7, 11) is 0. The number of anilines is 3. The van der Waals surface area contributed by atoms with Crippen LogP contribution in [0.2, 0.25) is 0 Å². The van der Waals surface area contributed by atoms with Crippen LogP contribution in [0.4, 0.5) is 17.1 Å². The van der Waals surface area contributed by atoms with Gasteiger partial charge in [0.15, 0.2) is 0 Å². The van der Waals surface area contributed by atoms with Gasteiger partial charge in [0.05, 0.1) is 16.7 Å². The summed E-state index contributed by atoms with van der Waals surface area (Å²) in [5.41, 5.74) is 13.4. The highest BCUT2D eigenvalue weighted by atomic mass is 16.3. The van der Waals surface area contributed by atoms with Crippen LogP contribution in [0, 0.1) is 0 Å². The first-order valence-corrected chi connectivity index (χ1v) is 20.2. The molecule has 0 bridgehead atoms. The Morgan fingerprint density at radius 2 is 0.847 bits per heavy atom. The zero-order valence-electron chi connectivity index (χ0n) is 32.1. The fourth-order valence-electron chi connectivity index (χ4n) is 9.09. The summed E-state index contributed by atoms with van der Waals surface area (Å²) in [5, 5.41) is 9.68. The Labute approximate surface area is 341 Å². The van der Waals surface area contributed by atoms with Crippen molar-refractivity contribution < 1.29 is 4.42 Å². The van der Waals surface area contributed by atoms with E-state index >= 15 is 0 Å². The monoisotopic (exact) mass is 752 g/mol. The number of furan rings is 1. The molecule has 0 aliphatic carbocycles. The lowest BCUT2D eigenvalue weighted by Gasteiger charge is -2.26. The highest BCUT2D eigenvalue weighted by molar-refractivity contribution is 6.12. The lowest BCUT2D eigenvalue weighted by Crippen LogP contribution is -2.09. The third kappa shape index (κ3) is 5.51. The number of fused-ring (bicyclic) bond motifs is 8. The molecule has 0 amide bonds. The van der Waals surface area contributed by atoms with Crippen LogP contribution in [-0.2, 0) is 0 Å². The minimum absolute atomic E-state index is 0.907. The normalized spacial score (nSPS) is 11.7. The van der Waals surface area contributed by atoms with E-state index in [0.717, 1.165) is 50.1 Å². The van der Waals surface area contributed by atoms with Crippen LogP contribution >= 0.6 is 0 Å². The molecule has 2 heterocycles. The Bertz CT molecular complexity index is 3550. The van der Waals surface area contributed by atoms with Gasteiger partial charge in [-0.3, -0.25) is 0 Å². The third-order valence-corrected chi connectivity index (χ3v) is 12.0. The van der Waals surface area contributed by atoms with Crippen LogP contribution in [0.1, 0.15) is 0 Å². The molecule has 0 unspecified atom stereocenters. The van der Waals surface area contributed by atoms with E-state index in [-0.39, 0.29) is 0 Å². The average molecular weight is 753 g/mol. The second-order valence-electron chi connectivity index (χ2n) is 15.4. The van der Waals surface area contributed by atoms with Crippen molar-refractivity contribution in [2.75, 3.05) is 4.90 Å². The Morgan fingerprint density at radius 1 is 0.305 bits per heavy atom. The molecule has 0 radical (unpaired) electrons. The minimum atomic E-state index is 0.907. The van der Waals surface area contributed by atoms with Crippen molar-refractivity contribution in [1.82, 2.24) is 4.57 Å². The highest BCUT2D eigenvalue weighted by Crippen LogP contribution is 2.41. The molecular weight excluding hydrogens is 717 g/mol. The predicted molar refractivity (Wildman–Crippen MR) is 249 cm³/mol. The van der Waals surface area contributed by atoms with E-state index in [1.54, 1.807) is 0 Å². The molecule has 2 aromatic heterocycles. The summed E-state index contributed by atoms with van der Waals surface area (Å²) in [5.74, 6) is 0. The number of rotatable bonds is 6. The molecule has 3 nitrogen and oxygen atoms in total. The number of benzene rings is 10. The van der Waals surface area contributed by atoms with Crippen molar-refractivity contribution in [3.63, 3.8) is 0 Å². The van der Waals surface area contributed by atoms with Crippen LogP contribution in [0.5, 0.6) is 0 Å². The largest absolute Gasteiger partial charge is 0.456 e. The van der Waals surface area contributed by atoms with Gasteiger partial charge in [0.2, 0.25) is 0 Å². The number of hydrogen-bond donors (Lipinski definition) is 0. The van der Waals surface area contributed by atoms with E-state index < -0.39 is 0 Å². The maximum Gasteiger partial charge on any atom is 0.135 e. The molecule has 12 aromatic rings. The van der Waals surface area contributed by atoms with E-state index in [4.69, 9.17) is 4.42 Å². The maximum atomic E-state index is 6.12. The predicted octanol–water partition coefficient (Wildman–Crippen LogP) is 15.8. The van der Waals surface area contributed by atoms with Crippen LogP contribution < -0.4 is 4.90 Å². The zero-order chi connectivity index (χ0) is 38.9. The summed E-state index contributed by atoms with van der Waals surface area (Å²) < 4.78 is 8.54. The third-order valence-electron chi connectivity index (χ3n) is 12.0. The lowest BCUT2D eigenvalue weighted by molar-refractivity contribution is 0.669. The van der Waals surface area contributed by atoms with Crippen molar-refractivity contribution in [3.8, 4) is 27.9 Å². The first-order valence-electron chi connectivity index (χ1n) is 20.2. The lowest BCUT2D eigenvalue weighted by atomic mass is 10.0. The van der Waals surface area contributed by atoms with Crippen LogP contribution in [0.15, 0.2) is 223 Å². The summed E-state index contributed by atoms with van der Waals surface area (Å²) in [4.78, 5) is 2.35. The second kappa shape index (κ2) is 13.4. The van der Waals surface area contributed by atoms with Crippen LogP contribution in [0.3, 0.4) is 0 Å². The molecule has 0 aliphatic heterocycles. The van der Waals surface area contributed by atoms with Gasteiger partial charge in [-0.1, -0.05) is 140 Å². The topological polar surface area (TPSA) is 21.3 Å². The summed E-state index contributed by atoms with van der Waals surface area (Å²) in [6.45, 7) is 0. The molecule has 0 saturated heterocycles. The summed E-state index contributed by atoms with van der Waals surface area (Å²) in [6.07, 6.45) is 0. The van der Waals surface area contributed by atoms with Gasteiger partial charge in [0.1, 0.15) is 11.2 Å². The first kappa shape index (κ1) is 33.3. The van der Waals surface area contributed by atoms with Gasteiger partial charge in [-0.25, -0.2) is 0 Å². The summed E-state index contributed by atoms with van der Waals surface area (Å²) >= 11 is 0. The van der Waals surface area contributed by atoms with Gasteiger partial charge in [-0.2, -0.15) is 0 Å². The highest BCUT2D eigenvalue weighted by Gasteiger charge is 2.17. The maximum absolute atomic E-state index is 6.12. The van der Waals surface area contributed by atoms with Crippen LogP contribution in [0.25, 0.3) is 93.2 Å². The van der Waals surface area contributed by atoms with Gasteiger partial charge in [-0.05, 0) is 117 Å². The fourth-order valence-corrected chi connectivity index (χ4v) is 9.09.